The van der Waals surface area contributed by atoms with E-state index < -0.39 is 0 Å². The summed E-state index contributed by atoms with van der Waals surface area (Å²) in [5.74, 6) is 1.63. The fourth-order valence-electron chi connectivity index (χ4n) is 2.44. The number of aryl methyl sites for hydroxylation is 3. The molecule has 0 aliphatic heterocycles. The first-order valence-corrected chi connectivity index (χ1v) is 10.0. The van der Waals surface area contributed by atoms with E-state index in [9.17, 15) is 0 Å². The Balaban J connectivity index is 2.04. The molecule has 148 valence electrons. The van der Waals surface area contributed by atoms with Crippen molar-refractivity contribution < 1.29 is 9.47 Å². The molecular formula is C20H30N4O2S. The third-order valence-corrected chi connectivity index (χ3v) is 5.07. The van der Waals surface area contributed by atoms with Crippen LogP contribution in [-0.4, -0.2) is 37.8 Å². The first-order valence-electron chi connectivity index (χ1n) is 9.19. The summed E-state index contributed by atoms with van der Waals surface area (Å²) in [6, 6.07) is 6.19. The zero-order chi connectivity index (χ0) is 19.6. The van der Waals surface area contributed by atoms with Crippen LogP contribution in [0, 0.1) is 20.8 Å². The van der Waals surface area contributed by atoms with E-state index in [1.165, 1.54) is 4.88 Å². The van der Waals surface area contributed by atoms with Gasteiger partial charge in [-0.3, -0.25) is 0 Å². The van der Waals surface area contributed by atoms with E-state index in [0.717, 1.165) is 40.1 Å². The largest absolute Gasteiger partial charge is 0.491 e. The van der Waals surface area contributed by atoms with Crippen LogP contribution in [0.5, 0.6) is 5.75 Å². The number of methoxy groups -OCH3 is 1. The summed E-state index contributed by atoms with van der Waals surface area (Å²) in [7, 11) is 1.67. The van der Waals surface area contributed by atoms with Crippen molar-refractivity contribution in [3.05, 3.63) is 44.9 Å². The van der Waals surface area contributed by atoms with Gasteiger partial charge in [-0.05, 0) is 39.3 Å². The molecule has 0 fully saturated rings. The number of aromatic nitrogens is 1. The zero-order valence-electron chi connectivity index (χ0n) is 16.9. The van der Waals surface area contributed by atoms with Crippen LogP contribution in [0.25, 0.3) is 0 Å². The number of rotatable bonds is 9. The Kier molecular flexibility index (Phi) is 8.54. The highest BCUT2D eigenvalue weighted by molar-refractivity contribution is 7.11. The van der Waals surface area contributed by atoms with Gasteiger partial charge in [-0.2, -0.15) is 0 Å². The van der Waals surface area contributed by atoms with Crippen LogP contribution >= 0.6 is 11.3 Å². The summed E-state index contributed by atoms with van der Waals surface area (Å²) in [6.45, 7) is 11.3. The molecule has 6 nitrogen and oxygen atoms in total. The van der Waals surface area contributed by atoms with Crippen molar-refractivity contribution in [1.29, 1.82) is 0 Å². The van der Waals surface area contributed by atoms with Gasteiger partial charge >= 0.3 is 0 Å². The fourth-order valence-corrected chi connectivity index (χ4v) is 3.32. The lowest BCUT2D eigenvalue weighted by atomic mass is 10.1. The topological polar surface area (TPSA) is 67.8 Å². The molecular weight excluding hydrogens is 360 g/mol. The summed E-state index contributed by atoms with van der Waals surface area (Å²) in [5, 5.41) is 7.70. The molecule has 2 rings (SSSR count). The highest BCUT2D eigenvalue weighted by atomic mass is 32.1. The Bertz CT molecular complexity index is 739. The Morgan fingerprint density at radius 1 is 1.19 bits per heavy atom. The highest BCUT2D eigenvalue weighted by Crippen LogP contribution is 2.21. The van der Waals surface area contributed by atoms with Crippen molar-refractivity contribution in [2.24, 2.45) is 4.99 Å². The highest BCUT2D eigenvalue weighted by Gasteiger charge is 2.07. The summed E-state index contributed by atoms with van der Waals surface area (Å²) in [4.78, 5) is 10.5. The number of benzene rings is 1. The molecule has 0 spiro atoms. The third kappa shape index (κ3) is 6.84. The number of aliphatic imine (C=N–C) groups is 1. The first kappa shape index (κ1) is 21.2. The minimum atomic E-state index is 0.526. The predicted octanol–water partition coefficient (Wildman–Crippen LogP) is 3.35. The second kappa shape index (κ2) is 10.9. The molecule has 7 heteroatoms. The molecule has 0 unspecified atom stereocenters. The Labute approximate surface area is 166 Å². The average Bonchev–Trinajstić information content (AvgIpc) is 2.96. The minimum Gasteiger partial charge on any atom is -0.491 e. The second-order valence-electron chi connectivity index (χ2n) is 6.25. The van der Waals surface area contributed by atoms with Crippen LogP contribution in [0.15, 0.2) is 23.2 Å². The summed E-state index contributed by atoms with van der Waals surface area (Å²) < 4.78 is 10.9. The van der Waals surface area contributed by atoms with E-state index in [-0.39, 0.29) is 0 Å². The molecule has 0 aliphatic carbocycles. The van der Waals surface area contributed by atoms with E-state index in [1.807, 2.05) is 13.0 Å². The van der Waals surface area contributed by atoms with Gasteiger partial charge in [0.05, 0.1) is 25.4 Å². The Morgan fingerprint density at radius 3 is 2.67 bits per heavy atom. The normalized spacial score (nSPS) is 11.5. The maximum atomic E-state index is 5.85. The molecule has 27 heavy (non-hydrogen) atoms. The third-order valence-electron chi connectivity index (χ3n) is 4.00. The van der Waals surface area contributed by atoms with Crippen LogP contribution in [0.1, 0.15) is 33.6 Å². The molecule has 1 heterocycles. The number of hydrogen-bond donors (Lipinski definition) is 2. The van der Waals surface area contributed by atoms with Crippen LogP contribution in [0.4, 0.5) is 0 Å². The maximum Gasteiger partial charge on any atom is 0.191 e. The molecule has 0 amide bonds. The van der Waals surface area contributed by atoms with Crippen molar-refractivity contribution in [2.75, 3.05) is 26.9 Å². The molecule has 2 aromatic rings. The van der Waals surface area contributed by atoms with Gasteiger partial charge in [-0.1, -0.05) is 12.1 Å². The fraction of sp³-hybridized carbons (Fsp3) is 0.500. The molecule has 1 aromatic heterocycles. The van der Waals surface area contributed by atoms with Crippen molar-refractivity contribution in [3.63, 3.8) is 0 Å². The van der Waals surface area contributed by atoms with E-state index >= 15 is 0 Å². The van der Waals surface area contributed by atoms with Crippen molar-refractivity contribution in [3.8, 4) is 5.75 Å². The lowest BCUT2D eigenvalue weighted by Gasteiger charge is -2.13. The SMILES string of the molecule is CCNC(=NCc1ccc(C)cc1OCCOC)NCc1nc(C)c(C)s1. The summed E-state index contributed by atoms with van der Waals surface area (Å²) in [5.41, 5.74) is 3.31. The number of nitrogens with one attached hydrogen (secondary N) is 2. The summed E-state index contributed by atoms with van der Waals surface area (Å²) in [6.07, 6.45) is 0. The van der Waals surface area contributed by atoms with E-state index in [1.54, 1.807) is 18.4 Å². The monoisotopic (exact) mass is 390 g/mol. The van der Waals surface area contributed by atoms with Crippen LogP contribution in [-0.2, 0) is 17.8 Å². The number of guanidine groups is 1. The van der Waals surface area contributed by atoms with Gasteiger partial charge < -0.3 is 20.1 Å². The molecule has 0 aliphatic rings. The average molecular weight is 391 g/mol. The summed E-state index contributed by atoms with van der Waals surface area (Å²) >= 11 is 1.72. The maximum absolute atomic E-state index is 5.85. The van der Waals surface area contributed by atoms with E-state index in [0.29, 0.717) is 26.3 Å². The number of ether oxygens (including phenoxy) is 2. The van der Waals surface area contributed by atoms with Gasteiger partial charge in [0.25, 0.3) is 0 Å². The lowest BCUT2D eigenvalue weighted by molar-refractivity contribution is 0.145. The van der Waals surface area contributed by atoms with Gasteiger partial charge in [0.1, 0.15) is 17.4 Å². The van der Waals surface area contributed by atoms with E-state index in [2.05, 4.69) is 48.5 Å². The standard InChI is InChI=1S/C20H30N4O2S/c1-6-21-20(23-13-19-24-15(3)16(4)27-19)22-12-17-8-7-14(2)11-18(17)26-10-9-25-5/h7-8,11H,6,9-10,12-13H2,1-5H3,(H2,21,22,23). The first-order chi connectivity index (χ1) is 13.0. The molecule has 2 N–H and O–H groups in total. The van der Waals surface area contributed by atoms with Gasteiger partial charge in [-0.25, -0.2) is 9.98 Å². The quantitative estimate of drug-likeness (QED) is 0.390. The second-order valence-corrected chi connectivity index (χ2v) is 7.54. The van der Waals surface area contributed by atoms with Crippen LogP contribution in [0.3, 0.4) is 0 Å². The molecule has 0 atom stereocenters. The minimum absolute atomic E-state index is 0.526. The Hall–Kier alpha value is -2.12. The van der Waals surface area contributed by atoms with Crippen molar-refractivity contribution >= 4 is 17.3 Å². The van der Waals surface area contributed by atoms with Gasteiger partial charge in [0.15, 0.2) is 5.96 Å². The van der Waals surface area contributed by atoms with Gasteiger partial charge in [0.2, 0.25) is 0 Å². The smallest absolute Gasteiger partial charge is 0.191 e. The molecule has 0 saturated carbocycles. The van der Waals surface area contributed by atoms with Gasteiger partial charge in [0, 0.05) is 24.1 Å². The number of hydrogen-bond acceptors (Lipinski definition) is 5. The molecule has 0 bridgehead atoms. The van der Waals surface area contributed by atoms with Crippen molar-refractivity contribution in [2.45, 2.75) is 40.8 Å². The lowest BCUT2D eigenvalue weighted by Crippen LogP contribution is -2.36. The van der Waals surface area contributed by atoms with Crippen molar-refractivity contribution in [1.82, 2.24) is 15.6 Å². The molecule has 0 saturated heterocycles. The number of nitrogens with zero attached hydrogens (tertiary/aromatic N) is 2. The number of thiazole rings is 1. The zero-order valence-corrected chi connectivity index (χ0v) is 17.7. The molecule has 0 radical (unpaired) electrons. The van der Waals surface area contributed by atoms with E-state index in [4.69, 9.17) is 14.5 Å². The van der Waals surface area contributed by atoms with Crippen LogP contribution < -0.4 is 15.4 Å². The predicted molar refractivity (Wildman–Crippen MR) is 112 cm³/mol. The Morgan fingerprint density at radius 2 is 2.00 bits per heavy atom. The van der Waals surface area contributed by atoms with Crippen LogP contribution in [0.2, 0.25) is 0 Å². The molecule has 1 aromatic carbocycles. The van der Waals surface area contributed by atoms with Gasteiger partial charge in [-0.15, -0.1) is 11.3 Å².